The van der Waals surface area contributed by atoms with E-state index in [1.165, 1.54) is 6.92 Å². The van der Waals surface area contributed by atoms with E-state index in [0.29, 0.717) is 11.3 Å². The molecule has 0 bridgehead atoms. The van der Waals surface area contributed by atoms with E-state index in [-0.39, 0.29) is 5.78 Å². The van der Waals surface area contributed by atoms with Crippen LogP contribution in [0.25, 0.3) is 0 Å². The van der Waals surface area contributed by atoms with Crippen molar-refractivity contribution < 1.29 is 4.79 Å². The van der Waals surface area contributed by atoms with Gasteiger partial charge in [0, 0.05) is 27.2 Å². The molecule has 0 aliphatic carbocycles. The lowest BCUT2D eigenvalue weighted by Gasteiger charge is -2.04. The maximum Gasteiger partial charge on any atom is 0.161 e. The number of thiazole rings is 1. The Morgan fingerprint density at radius 2 is 2.24 bits per heavy atom. The molecule has 88 valence electrons. The average Bonchev–Trinajstić information content (AvgIpc) is 2.66. The Balaban J connectivity index is 2.28. The molecular formula is C12H12N2OS2. The Hall–Kier alpha value is -1.33. The summed E-state index contributed by atoms with van der Waals surface area (Å²) in [5.41, 5.74) is 7.86. The van der Waals surface area contributed by atoms with Crippen molar-refractivity contribution >= 4 is 34.6 Å². The topological polar surface area (TPSA) is 56.0 Å². The third kappa shape index (κ3) is 2.87. The van der Waals surface area contributed by atoms with Crippen LogP contribution >= 0.6 is 23.1 Å². The van der Waals surface area contributed by atoms with Crippen LogP contribution < -0.4 is 5.73 Å². The minimum atomic E-state index is -0.0136. The van der Waals surface area contributed by atoms with Crippen LogP contribution in [0.15, 0.2) is 32.8 Å². The van der Waals surface area contributed by atoms with Crippen molar-refractivity contribution in [3.8, 4) is 0 Å². The van der Waals surface area contributed by atoms with E-state index in [0.717, 1.165) is 14.9 Å². The molecule has 0 spiro atoms. The standard InChI is InChI=1S/C12H12N2OS2/c1-7-6-16-12(14-7)17-9-3-4-11(13)10(5-9)8(2)15/h3-6H,13H2,1-2H3. The number of ketones is 1. The summed E-state index contributed by atoms with van der Waals surface area (Å²) in [6, 6.07) is 5.49. The first-order valence-corrected chi connectivity index (χ1v) is 6.76. The molecule has 0 aliphatic rings. The van der Waals surface area contributed by atoms with Crippen molar-refractivity contribution in [2.24, 2.45) is 0 Å². The fourth-order valence-electron chi connectivity index (χ4n) is 1.38. The van der Waals surface area contributed by atoms with Gasteiger partial charge in [-0.15, -0.1) is 11.3 Å². The predicted octanol–water partition coefficient (Wildman–Crippen LogP) is 3.39. The van der Waals surface area contributed by atoms with E-state index in [4.69, 9.17) is 5.73 Å². The second-order valence-corrected chi connectivity index (χ2v) is 5.84. The molecule has 5 heteroatoms. The highest BCUT2D eigenvalue weighted by Crippen LogP contribution is 2.31. The summed E-state index contributed by atoms with van der Waals surface area (Å²) in [4.78, 5) is 16.7. The number of nitrogens with zero attached hydrogens (tertiary/aromatic N) is 1. The van der Waals surface area contributed by atoms with Crippen LogP contribution in [0.3, 0.4) is 0 Å². The Morgan fingerprint density at radius 1 is 1.47 bits per heavy atom. The fraction of sp³-hybridized carbons (Fsp3) is 0.167. The van der Waals surface area contributed by atoms with Gasteiger partial charge in [0.2, 0.25) is 0 Å². The van der Waals surface area contributed by atoms with E-state index in [1.54, 1.807) is 29.2 Å². The number of carbonyl (C=O) groups excluding carboxylic acids is 1. The Labute approximate surface area is 108 Å². The number of benzene rings is 1. The molecular weight excluding hydrogens is 252 g/mol. The maximum atomic E-state index is 11.4. The first kappa shape index (κ1) is 12.1. The molecule has 2 rings (SSSR count). The van der Waals surface area contributed by atoms with Gasteiger partial charge in [-0.2, -0.15) is 0 Å². The molecule has 1 heterocycles. The van der Waals surface area contributed by atoms with Gasteiger partial charge >= 0.3 is 0 Å². The fourth-order valence-corrected chi connectivity index (χ4v) is 3.23. The highest BCUT2D eigenvalue weighted by atomic mass is 32.2. The number of aryl methyl sites for hydroxylation is 1. The Morgan fingerprint density at radius 3 is 2.82 bits per heavy atom. The number of aromatic nitrogens is 1. The average molecular weight is 264 g/mol. The second-order valence-electron chi connectivity index (χ2n) is 3.66. The van der Waals surface area contributed by atoms with E-state index in [2.05, 4.69) is 4.98 Å². The summed E-state index contributed by atoms with van der Waals surface area (Å²) in [6.45, 7) is 3.48. The van der Waals surface area contributed by atoms with Gasteiger partial charge in [-0.3, -0.25) is 4.79 Å². The number of rotatable bonds is 3. The molecule has 0 aliphatic heterocycles. The molecule has 2 aromatic rings. The summed E-state index contributed by atoms with van der Waals surface area (Å²) >= 11 is 3.15. The third-order valence-electron chi connectivity index (χ3n) is 2.21. The second kappa shape index (κ2) is 4.89. The smallest absolute Gasteiger partial charge is 0.161 e. The van der Waals surface area contributed by atoms with Crippen molar-refractivity contribution in [2.75, 3.05) is 5.73 Å². The Bertz CT molecular complexity index is 563. The highest BCUT2D eigenvalue weighted by molar-refractivity contribution is 8.01. The van der Waals surface area contributed by atoms with Gasteiger partial charge in [0.05, 0.1) is 0 Å². The monoisotopic (exact) mass is 264 g/mol. The van der Waals surface area contributed by atoms with Gasteiger partial charge in [0.1, 0.15) is 0 Å². The lowest BCUT2D eigenvalue weighted by Crippen LogP contribution is -1.99. The van der Waals surface area contributed by atoms with Crippen LogP contribution in [0.2, 0.25) is 0 Å². The van der Waals surface area contributed by atoms with Gasteiger partial charge in [0.15, 0.2) is 10.1 Å². The van der Waals surface area contributed by atoms with Crippen LogP contribution in [-0.2, 0) is 0 Å². The summed E-state index contributed by atoms with van der Waals surface area (Å²) in [6.07, 6.45) is 0. The van der Waals surface area contributed by atoms with Crippen LogP contribution in [-0.4, -0.2) is 10.8 Å². The van der Waals surface area contributed by atoms with Crippen molar-refractivity contribution in [3.63, 3.8) is 0 Å². The number of carbonyl (C=O) groups is 1. The van der Waals surface area contributed by atoms with Crippen LogP contribution in [0.1, 0.15) is 23.0 Å². The predicted molar refractivity (Wildman–Crippen MR) is 71.8 cm³/mol. The van der Waals surface area contributed by atoms with E-state index >= 15 is 0 Å². The van der Waals surface area contributed by atoms with Crippen molar-refractivity contribution in [3.05, 3.63) is 34.8 Å². The number of nitrogen functional groups attached to an aromatic ring is 1. The quantitative estimate of drug-likeness (QED) is 0.682. The van der Waals surface area contributed by atoms with Gasteiger partial charge in [-0.25, -0.2) is 4.98 Å². The number of Topliss-reactive ketones (excluding diaryl/α,β-unsaturated/α-hetero) is 1. The molecule has 0 radical (unpaired) electrons. The van der Waals surface area contributed by atoms with Crippen LogP contribution in [0, 0.1) is 6.92 Å². The highest BCUT2D eigenvalue weighted by Gasteiger charge is 2.08. The number of hydrogen-bond acceptors (Lipinski definition) is 5. The van der Waals surface area contributed by atoms with Gasteiger partial charge in [-0.05, 0) is 32.0 Å². The van der Waals surface area contributed by atoms with Crippen LogP contribution in [0.5, 0.6) is 0 Å². The first-order valence-electron chi connectivity index (χ1n) is 5.06. The SMILES string of the molecule is CC(=O)c1cc(Sc2nc(C)cs2)ccc1N. The third-order valence-corrected chi connectivity index (χ3v) is 4.25. The summed E-state index contributed by atoms with van der Waals surface area (Å²) in [5.74, 6) is -0.0136. The summed E-state index contributed by atoms with van der Waals surface area (Å²) in [5, 5.41) is 2.01. The summed E-state index contributed by atoms with van der Waals surface area (Å²) < 4.78 is 0.974. The number of nitrogens with two attached hydrogens (primary N) is 1. The van der Waals surface area contributed by atoms with Gasteiger partial charge < -0.3 is 5.73 Å². The van der Waals surface area contributed by atoms with Crippen molar-refractivity contribution in [1.29, 1.82) is 0 Å². The molecule has 3 nitrogen and oxygen atoms in total. The van der Waals surface area contributed by atoms with Crippen LogP contribution in [0.4, 0.5) is 5.69 Å². The zero-order chi connectivity index (χ0) is 12.4. The Kier molecular flexibility index (Phi) is 3.49. The molecule has 0 atom stereocenters. The molecule has 1 aromatic carbocycles. The zero-order valence-electron chi connectivity index (χ0n) is 9.56. The number of hydrogen-bond donors (Lipinski definition) is 1. The maximum absolute atomic E-state index is 11.4. The molecule has 17 heavy (non-hydrogen) atoms. The minimum Gasteiger partial charge on any atom is -0.398 e. The molecule has 0 amide bonds. The van der Waals surface area contributed by atoms with Gasteiger partial charge in [-0.1, -0.05) is 11.8 Å². The zero-order valence-corrected chi connectivity index (χ0v) is 11.2. The minimum absolute atomic E-state index is 0.0136. The molecule has 1 aromatic heterocycles. The lowest BCUT2D eigenvalue weighted by atomic mass is 10.1. The van der Waals surface area contributed by atoms with E-state index in [9.17, 15) is 4.79 Å². The van der Waals surface area contributed by atoms with Crippen molar-refractivity contribution in [1.82, 2.24) is 4.98 Å². The number of anilines is 1. The van der Waals surface area contributed by atoms with E-state index in [1.807, 2.05) is 24.4 Å². The normalized spacial score (nSPS) is 10.5. The lowest BCUT2D eigenvalue weighted by molar-refractivity contribution is 0.101. The molecule has 2 N–H and O–H groups in total. The van der Waals surface area contributed by atoms with E-state index < -0.39 is 0 Å². The molecule has 0 fully saturated rings. The molecule has 0 saturated carbocycles. The molecule has 0 saturated heterocycles. The molecule has 0 unspecified atom stereocenters. The summed E-state index contributed by atoms with van der Waals surface area (Å²) in [7, 11) is 0. The largest absolute Gasteiger partial charge is 0.398 e. The van der Waals surface area contributed by atoms with Crippen molar-refractivity contribution in [2.45, 2.75) is 23.1 Å². The van der Waals surface area contributed by atoms with Gasteiger partial charge in [0.25, 0.3) is 0 Å². The first-order chi connectivity index (χ1) is 8.06.